The van der Waals surface area contributed by atoms with Crippen LogP contribution in [-0.4, -0.2) is 17.4 Å². The Kier molecular flexibility index (Phi) is 5.11. The summed E-state index contributed by atoms with van der Waals surface area (Å²) in [7, 11) is 0. The van der Waals surface area contributed by atoms with E-state index in [1.54, 1.807) is 19.1 Å². The molecule has 0 saturated heterocycles. The van der Waals surface area contributed by atoms with E-state index in [1.807, 2.05) is 12.1 Å². The smallest absolute Gasteiger partial charge is 0.272 e. The second kappa shape index (κ2) is 7.04. The third-order valence-electron chi connectivity index (χ3n) is 2.86. The Labute approximate surface area is 135 Å². The van der Waals surface area contributed by atoms with Crippen molar-refractivity contribution in [2.45, 2.75) is 6.92 Å². The number of nitrogens with one attached hydrogen (secondary N) is 1. The van der Waals surface area contributed by atoms with Crippen molar-refractivity contribution < 1.29 is 14.5 Å². The van der Waals surface area contributed by atoms with E-state index in [2.05, 4.69) is 21.2 Å². The van der Waals surface area contributed by atoms with Gasteiger partial charge in [0.25, 0.3) is 11.6 Å². The van der Waals surface area contributed by atoms with E-state index in [1.165, 1.54) is 18.2 Å². The SMILES string of the molecule is Cc1cc(OCC(=O)Nc2ccc(Br)cc2)ccc1[N+](=O)[O-]. The van der Waals surface area contributed by atoms with Crippen molar-refractivity contribution in [1.82, 2.24) is 0 Å². The summed E-state index contributed by atoms with van der Waals surface area (Å²) in [6.07, 6.45) is 0. The lowest BCUT2D eigenvalue weighted by molar-refractivity contribution is -0.385. The number of carbonyl (C=O) groups excluding carboxylic acids is 1. The Balaban J connectivity index is 1.92. The van der Waals surface area contributed by atoms with E-state index in [-0.39, 0.29) is 18.2 Å². The van der Waals surface area contributed by atoms with E-state index in [0.717, 1.165) is 4.47 Å². The van der Waals surface area contributed by atoms with Crippen molar-refractivity contribution in [3.8, 4) is 5.75 Å². The second-order valence-electron chi connectivity index (χ2n) is 4.55. The van der Waals surface area contributed by atoms with Crippen LogP contribution in [0.1, 0.15) is 5.56 Å². The van der Waals surface area contributed by atoms with Crippen molar-refractivity contribution in [3.05, 3.63) is 62.6 Å². The van der Waals surface area contributed by atoms with Crippen LogP contribution in [0, 0.1) is 17.0 Å². The first-order valence-corrected chi connectivity index (χ1v) is 7.18. The average molecular weight is 365 g/mol. The molecule has 2 aromatic rings. The molecule has 0 fully saturated rings. The summed E-state index contributed by atoms with van der Waals surface area (Å²) in [6, 6.07) is 11.5. The second-order valence-corrected chi connectivity index (χ2v) is 5.46. The minimum absolute atomic E-state index is 0.0201. The van der Waals surface area contributed by atoms with Crippen LogP contribution in [0.4, 0.5) is 11.4 Å². The highest BCUT2D eigenvalue weighted by atomic mass is 79.9. The molecular weight excluding hydrogens is 352 g/mol. The van der Waals surface area contributed by atoms with Crippen LogP contribution in [0.5, 0.6) is 5.75 Å². The normalized spacial score (nSPS) is 10.1. The predicted octanol–water partition coefficient (Wildman–Crippen LogP) is 3.68. The van der Waals surface area contributed by atoms with Crippen LogP contribution in [-0.2, 0) is 4.79 Å². The standard InChI is InChI=1S/C15H13BrN2O4/c1-10-8-13(6-7-14(10)18(20)21)22-9-15(19)17-12-4-2-11(16)3-5-12/h2-8H,9H2,1H3,(H,17,19). The van der Waals surface area contributed by atoms with Crippen molar-refractivity contribution in [2.24, 2.45) is 0 Å². The van der Waals surface area contributed by atoms with Crippen LogP contribution in [0.25, 0.3) is 0 Å². The van der Waals surface area contributed by atoms with Gasteiger partial charge >= 0.3 is 0 Å². The Hall–Kier alpha value is -2.41. The number of nitrogens with zero attached hydrogens (tertiary/aromatic N) is 1. The number of amides is 1. The van der Waals surface area contributed by atoms with Gasteiger partial charge in [-0.1, -0.05) is 15.9 Å². The lowest BCUT2D eigenvalue weighted by Gasteiger charge is -2.08. The van der Waals surface area contributed by atoms with E-state index >= 15 is 0 Å². The zero-order valence-corrected chi connectivity index (χ0v) is 13.3. The molecule has 0 aliphatic rings. The maximum absolute atomic E-state index is 11.8. The van der Waals surface area contributed by atoms with Gasteiger partial charge in [-0.3, -0.25) is 14.9 Å². The molecule has 0 heterocycles. The summed E-state index contributed by atoms with van der Waals surface area (Å²) in [5, 5.41) is 13.4. The van der Waals surface area contributed by atoms with Crippen molar-refractivity contribution in [3.63, 3.8) is 0 Å². The first kappa shape index (κ1) is 16.0. The average Bonchev–Trinajstić information content (AvgIpc) is 2.47. The van der Waals surface area contributed by atoms with Crippen LogP contribution < -0.4 is 10.1 Å². The molecule has 2 rings (SSSR count). The largest absolute Gasteiger partial charge is 0.484 e. The highest BCUT2D eigenvalue weighted by molar-refractivity contribution is 9.10. The lowest BCUT2D eigenvalue weighted by Crippen LogP contribution is -2.20. The van der Waals surface area contributed by atoms with Crippen LogP contribution in [0.2, 0.25) is 0 Å². The van der Waals surface area contributed by atoms with Gasteiger partial charge in [-0.25, -0.2) is 0 Å². The summed E-state index contributed by atoms with van der Waals surface area (Å²) in [5.41, 5.74) is 1.17. The molecule has 0 atom stereocenters. The fraction of sp³-hybridized carbons (Fsp3) is 0.133. The zero-order chi connectivity index (χ0) is 16.1. The van der Waals surface area contributed by atoms with Crippen molar-refractivity contribution in [2.75, 3.05) is 11.9 Å². The van der Waals surface area contributed by atoms with Gasteiger partial charge in [0.1, 0.15) is 5.75 Å². The van der Waals surface area contributed by atoms with Crippen molar-refractivity contribution >= 4 is 33.2 Å². The van der Waals surface area contributed by atoms with E-state index < -0.39 is 4.92 Å². The maximum Gasteiger partial charge on any atom is 0.272 e. The van der Waals surface area contributed by atoms with Crippen molar-refractivity contribution in [1.29, 1.82) is 0 Å². The Morgan fingerprint density at radius 3 is 2.55 bits per heavy atom. The number of nitro benzene ring substituents is 1. The molecule has 0 unspecified atom stereocenters. The number of anilines is 1. The molecule has 0 aliphatic heterocycles. The molecule has 0 bridgehead atoms. The Bertz CT molecular complexity index is 701. The molecule has 1 N–H and O–H groups in total. The van der Waals surface area contributed by atoms with Crippen LogP contribution in [0.3, 0.4) is 0 Å². The molecular formula is C15H13BrN2O4. The number of hydrogen-bond donors (Lipinski definition) is 1. The van der Waals surface area contributed by atoms with Crippen LogP contribution >= 0.6 is 15.9 Å². The molecule has 0 aliphatic carbocycles. The number of halogens is 1. The molecule has 0 spiro atoms. The van der Waals surface area contributed by atoms with Crippen LogP contribution in [0.15, 0.2) is 46.9 Å². The third-order valence-corrected chi connectivity index (χ3v) is 3.39. The molecule has 0 radical (unpaired) electrons. The molecule has 114 valence electrons. The van der Waals surface area contributed by atoms with Gasteiger partial charge < -0.3 is 10.1 Å². The number of benzene rings is 2. The molecule has 2 aromatic carbocycles. The van der Waals surface area contributed by atoms with Gasteiger partial charge in [-0.15, -0.1) is 0 Å². The number of hydrogen-bond acceptors (Lipinski definition) is 4. The van der Waals surface area contributed by atoms with Gasteiger partial charge in [0.15, 0.2) is 6.61 Å². The zero-order valence-electron chi connectivity index (χ0n) is 11.7. The van der Waals surface area contributed by atoms with Gasteiger partial charge in [0, 0.05) is 21.8 Å². The van der Waals surface area contributed by atoms with E-state index in [4.69, 9.17) is 4.74 Å². The van der Waals surface area contributed by atoms with E-state index in [9.17, 15) is 14.9 Å². The topological polar surface area (TPSA) is 81.5 Å². The number of carbonyl (C=O) groups is 1. The first-order chi connectivity index (χ1) is 10.5. The van der Waals surface area contributed by atoms with E-state index in [0.29, 0.717) is 17.0 Å². The fourth-order valence-electron chi connectivity index (χ4n) is 1.80. The highest BCUT2D eigenvalue weighted by Gasteiger charge is 2.11. The molecule has 0 aromatic heterocycles. The summed E-state index contributed by atoms with van der Waals surface area (Å²) in [4.78, 5) is 22.0. The van der Waals surface area contributed by atoms with Gasteiger partial charge in [-0.2, -0.15) is 0 Å². The van der Waals surface area contributed by atoms with Gasteiger partial charge in [0.05, 0.1) is 4.92 Å². The number of aryl methyl sites for hydroxylation is 1. The summed E-state index contributed by atoms with van der Waals surface area (Å²) in [5.74, 6) is 0.104. The maximum atomic E-state index is 11.8. The summed E-state index contributed by atoms with van der Waals surface area (Å²) >= 11 is 3.31. The number of ether oxygens (including phenoxy) is 1. The van der Waals surface area contributed by atoms with Gasteiger partial charge in [0.2, 0.25) is 0 Å². The molecule has 0 saturated carbocycles. The monoisotopic (exact) mass is 364 g/mol. The quantitative estimate of drug-likeness (QED) is 0.647. The molecule has 22 heavy (non-hydrogen) atoms. The highest BCUT2D eigenvalue weighted by Crippen LogP contribution is 2.23. The number of nitro groups is 1. The first-order valence-electron chi connectivity index (χ1n) is 6.39. The molecule has 1 amide bonds. The predicted molar refractivity (Wildman–Crippen MR) is 86.1 cm³/mol. The Morgan fingerprint density at radius 2 is 1.95 bits per heavy atom. The third kappa shape index (κ3) is 4.29. The number of rotatable bonds is 5. The summed E-state index contributed by atoms with van der Waals surface area (Å²) in [6.45, 7) is 1.44. The Morgan fingerprint density at radius 1 is 1.27 bits per heavy atom. The minimum Gasteiger partial charge on any atom is -0.484 e. The van der Waals surface area contributed by atoms with Gasteiger partial charge in [-0.05, 0) is 43.3 Å². The fourth-order valence-corrected chi connectivity index (χ4v) is 2.07. The summed E-state index contributed by atoms with van der Waals surface area (Å²) < 4.78 is 6.25. The molecule has 7 heteroatoms. The minimum atomic E-state index is -0.459. The lowest BCUT2D eigenvalue weighted by atomic mass is 10.2. The molecule has 6 nitrogen and oxygen atoms in total.